The number of aromatic nitrogens is 2. The zero-order chi connectivity index (χ0) is 10.8. The van der Waals surface area contributed by atoms with E-state index in [1.165, 1.54) is 6.20 Å². The highest BCUT2D eigenvalue weighted by molar-refractivity contribution is 6.32. The number of hydrogen-bond donors (Lipinski definition) is 0. The fourth-order valence-corrected chi connectivity index (χ4v) is 1.11. The number of rotatable bonds is 4. The van der Waals surface area contributed by atoms with Gasteiger partial charge in [0.15, 0.2) is 0 Å². The van der Waals surface area contributed by atoms with Crippen molar-refractivity contribution in [1.82, 2.24) is 9.55 Å². The Morgan fingerprint density at radius 2 is 2.36 bits per heavy atom. The molecule has 1 aromatic rings. The van der Waals surface area contributed by atoms with Crippen molar-refractivity contribution in [3.8, 4) is 0 Å². The minimum Gasteiger partial charge on any atom is -0.335 e. The molecule has 0 aliphatic heterocycles. The van der Waals surface area contributed by atoms with Crippen LogP contribution in [0.5, 0.6) is 0 Å². The maximum Gasteiger partial charge on any atom is 0.380 e. The van der Waals surface area contributed by atoms with Crippen LogP contribution in [0.4, 0.5) is 8.78 Å². The van der Waals surface area contributed by atoms with E-state index < -0.39 is 17.6 Å². The number of carbonyl (C=O) groups is 1. The van der Waals surface area contributed by atoms with Gasteiger partial charge in [-0.25, -0.2) is 4.98 Å². The van der Waals surface area contributed by atoms with E-state index in [2.05, 4.69) is 16.6 Å². The van der Waals surface area contributed by atoms with E-state index in [1.54, 1.807) is 10.8 Å². The van der Waals surface area contributed by atoms with E-state index in [0.29, 0.717) is 12.4 Å². The van der Waals surface area contributed by atoms with Crippen LogP contribution >= 0.6 is 11.6 Å². The van der Waals surface area contributed by atoms with Crippen molar-refractivity contribution in [2.45, 2.75) is 25.3 Å². The number of Topliss-reactive ketones (excluding diaryl/α,β-unsaturated/α-hetero) is 1. The predicted molar refractivity (Wildman–Crippen MR) is 47.4 cm³/mol. The highest BCUT2D eigenvalue weighted by atomic mass is 35.5. The number of aryl methyl sites for hydroxylation is 1. The Morgan fingerprint density at radius 1 is 1.71 bits per heavy atom. The summed E-state index contributed by atoms with van der Waals surface area (Å²) in [5, 5.41) is -3.80. The molecule has 0 fully saturated rings. The first-order valence-electron chi connectivity index (χ1n) is 4.05. The average Bonchev–Trinajstić information content (AvgIpc) is 2.50. The van der Waals surface area contributed by atoms with Crippen molar-refractivity contribution in [2.24, 2.45) is 0 Å². The summed E-state index contributed by atoms with van der Waals surface area (Å²) < 4.78 is 26.3. The van der Waals surface area contributed by atoms with Gasteiger partial charge in [-0.3, -0.25) is 4.79 Å². The predicted octanol–water partition coefficient (Wildman–Crippen LogP) is 1.85. The van der Waals surface area contributed by atoms with Crippen molar-refractivity contribution < 1.29 is 13.6 Å². The maximum atomic E-state index is 12.3. The third-order valence-corrected chi connectivity index (χ3v) is 1.99. The Bertz CT molecular complexity index is 332. The van der Waals surface area contributed by atoms with E-state index >= 15 is 0 Å². The van der Waals surface area contributed by atoms with Gasteiger partial charge in [0.25, 0.3) is 0 Å². The maximum absolute atomic E-state index is 12.3. The van der Waals surface area contributed by atoms with E-state index in [1.807, 2.05) is 6.92 Å². The topological polar surface area (TPSA) is 34.9 Å². The molecule has 0 aliphatic rings. The molecular formula is C8H9ClF2N2O. The normalized spacial score (nSPS) is 11.7. The van der Waals surface area contributed by atoms with Gasteiger partial charge in [0, 0.05) is 18.9 Å². The molecule has 0 aromatic carbocycles. The number of imidazole rings is 1. The summed E-state index contributed by atoms with van der Waals surface area (Å²) in [7, 11) is 0. The zero-order valence-electron chi connectivity index (χ0n) is 7.51. The summed E-state index contributed by atoms with van der Waals surface area (Å²) in [6, 6.07) is 0. The smallest absolute Gasteiger partial charge is 0.335 e. The van der Waals surface area contributed by atoms with E-state index in [0.717, 1.165) is 0 Å². The summed E-state index contributed by atoms with van der Waals surface area (Å²) in [6.45, 7) is 2.41. The van der Waals surface area contributed by atoms with Crippen molar-refractivity contribution in [1.29, 1.82) is 0 Å². The standard InChI is InChI=1S/C8H9ClF2N2O/c1-2-13-4-3-12-7(13)5-6(14)8(9,10)11/h3-4H,2,5H2,1H3. The molecule has 0 unspecified atom stereocenters. The molecular weight excluding hydrogens is 214 g/mol. The molecule has 78 valence electrons. The lowest BCUT2D eigenvalue weighted by Gasteiger charge is -2.07. The molecule has 0 saturated heterocycles. The summed E-state index contributed by atoms with van der Waals surface area (Å²) >= 11 is 4.58. The molecule has 0 amide bonds. The fourth-order valence-electron chi connectivity index (χ4n) is 1.04. The molecule has 0 bridgehead atoms. The van der Waals surface area contributed by atoms with Crippen LogP contribution in [0.3, 0.4) is 0 Å². The minimum atomic E-state index is -3.80. The fraction of sp³-hybridized carbons (Fsp3) is 0.500. The van der Waals surface area contributed by atoms with Crippen LogP contribution in [0.25, 0.3) is 0 Å². The summed E-state index contributed by atoms with van der Waals surface area (Å²) in [6.07, 6.45) is 2.63. The number of carbonyl (C=O) groups excluding carboxylic acids is 1. The minimum absolute atomic E-state index is 0.304. The van der Waals surface area contributed by atoms with E-state index in [4.69, 9.17) is 0 Å². The van der Waals surface area contributed by atoms with Crippen LogP contribution in [0, 0.1) is 0 Å². The van der Waals surface area contributed by atoms with E-state index in [9.17, 15) is 13.6 Å². The van der Waals surface area contributed by atoms with Gasteiger partial charge >= 0.3 is 5.38 Å². The second kappa shape index (κ2) is 4.04. The Kier molecular flexibility index (Phi) is 3.21. The van der Waals surface area contributed by atoms with Crippen LogP contribution in [0.2, 0.25) is 0 Å². The lowest BCUT2D eigenvalue weighted by Crippen LogP contribution is -2.24. The Labute approximate surface area is 84.7 Å². The van der Waals surface area contributed by atoms with Gasteiger partial charge in [0.1, 0.15) is 5.82 Å². The summed E-state index contributed by atoms with van der Waals surface area (Å²) in [4.78, 5) is 14.7. The molecule has 14 heavy (non-hydrogen) atoms. The van der Waals surface area contributed by atoms with Gasteiger partial charge in [-0.2, -0.15) is 8.78 Å². The van der Waals surface area contributed by atoms with Gasteiger partial charge in [0.2, 0.25) is 5.78 Å². The highest BCUT2D eigenvalue weighted by Crippen LogP contribution is 2.21. The van der Waals surface area contributed by atoms with Gasteiger partial charge in [0.05, 0.1) is 6.42 Å². The first-order chi connectivity index (χ1) is 6.45. The largest absolute Gasteiger partial charge is 0.380 e. The Balaban J connectivity index is 2.74. The summed E-state index contributed by atoms with van der Waals surface area (Å²) in [5.74, 6) is -1.03. The van der Waals surface area contributed by atoms with Crippen molar-refractivity contribution in [3.05, 3.63) is 18.2 Å². The average molecular weight is 223 g/mol. The number of hydrogen-bond acceptors (Lipinski definition) is 2. The molecule has 1 rings (SSSR count). The van der Waals surface area contributed by atoms with Gasteiger partial charge < -0.3 is 4.57 Å². The third kappa shape index (κ3) is 2.51. The van der Waals surface area contributed by atoms with Gasteiger partial charge in [-0.1, -0.05) is 0 Å². The number of alkyl halides is 3. The van der Waals surface area contributed by atoms with Crippen LogP contribution in [-0.4, -0.2) is 20.7 Å². The second-order valence-corrected chi connectivity index (χ2v) is 3.20. The van der Waals surface area contributed by atoms with E-state index in [-0.39, 0.29) is 0 Å². The van der Waals surface area contributed by atoms with Gasteiger partial charge in [-0.05, 0) is 18.5 Å². The lowest BCUT2D eigenvalue weighted by molar-refractivity contribution is -0.132. The zero-order valence-corrected chi connectivity index (χ0v) is 8.26. The third-order valence-electron chi connectivity index (χ3n) is 1.78. The molecule has 1 aromatic heterocycles. The lowest BCUT2D eigenvalue weighted by atomic mass is 10.3. The van der Waals surface area contributed by atoms with Crippen LogP contribution in [0.15, 0.2) is 12.4 Å². The van der Waals surface area contributed by atoms with Crippen molar-refractivity contribution in [2.75, 3.05) is 0 Å². The molecule has 1 heterocycles. The monoisotopic (exact) mass is 222 g/mol. The van der Waals surface area contributed by atoms with Crippen LogP contribution in [-0.2, 0) is 17.8 Å². The van der Waals surface area contributed by atoms with Crippen molar-refractivity contribution >= 4 is 17.4 Å². The van der Waals surface area contributed by atoms with Gasteiger partial charge in [-0.15, -0.1) is 0 Å². The highest BCUT2D eigenvalue weighted by Gasteiger charge is 2.35. The number of nitrogens with zero attached hydrogens (tertiary/aromatic N) is 2. The molecule has 6 heteroatoms. The Morgan fingerprint density at radius 3 is 2.86 bits per heavy atom. The molecule has 0 aliphatic carbocycles. The number of ketones is 1. The summed E-state index contributed by atoms with van der Waals surface area (Å²) in [5.41, 5.74) is 0. The van der Waals surface area contributed by atoms with Crippen LogP contribution < -0.4 is 0 Å². The molecule has 3 nitrogen and oxygen atoms in total. The number of halogens is 3. The van der Waals surface area contributed by atoms with Crippen molar-refractivity contribution in [3.63, 3.8) is 0 Å². The molecule has 0 saturated carbocycles. The molecule has 0 radical (unpaired) electrons. The molecule has 0 N–H and O–H groups in total. The van der Waals surface area contributed by atoms with Crippen LogP contribution in [0.1, 0.15) is 12.7 Å². The first kappa shape index (κ1) is 11.1. The second-order valence-electron chi connectivity index (χ2n) is 2.73. The Hall–Kier alpha value is -0.970. The molecule has 0 spiro atoms. The molecule has 0 atom stereocenters. The quantitative estimate of drug-likeness (QED) is 0.729. The SMILES string of the molecule is CCn1ccnc1CC(=O)C(F)(F)Cl. The first-order valence-corrected chi connectivity index (χ1v) is 4.43.